The minimum atomic E-state index is 0.733. The van der Waals surface area contributed by atoms with Gasteiger partial charge in [0, 0.05) is 0 Å². The van der Waals surface area contributed by atoms with Gasteiger partial charge in [-0.05, 0) is 31.5 Å². The number of nitrogens with zero attached hydrogens (tertiary/aromatic N) is 4. The first-order valence-corrected chi connectivity index (χ1v) is 6.46. The summed E-state index contributed by atoms with van der Waals surface area (Å²) in [4.78, 5) is 13.2. The molecule has 0 aliphatic rings. The fourth-order valence-electron chi connectivity index (χ4n) is 2.27. The van der Waals surface area contributed by atoms with E-state index in [4.69, 9.17) is 4.74 Å². The van der Waals surface area contributed by atoms with Crippen molar-refractivity contribution in [2.75, 3.05) is 7.11 Å². The van der Waals surface area contributed by atoms with Crippen LogP contribution in [0.25, 0.3) is 11.2 Å². The van der Waals surface area contributed by atoms with Gasteiger partial charge in [0.05, 0.1) is 25.7 Å². The second-order valence-electron chi connectivity index (χ2n) is 4.75. The van der Waals surface area contributed by atoms with Crippen LogP contribution in [0.15, 0.2) is 30.6 Å². The molecule has 102 valence electrons. The molecule has 0 unspecified atom stereocenters. The first-order valence-electron chi connectivity index (χ1n) is 6.46. The smallest absolute Gasteiger partial charge is 0.164 e. The third-order valence-electron chi connectivity index (χ3n) is 3.26. The lowest BCUT2D eigenvalue weighted by Crippen LogP contribution is -2.01. The molecule has 2 aromatic heterocycles. The highest BCUT2D eigenvalue weighted by Crippen LogP contribution is 2.17. The summed E-state index contributed by atoms with van der Waals surface area (Å²) in [6.07, 6.45) is 1.82. The molecule has 0 saturated carbocycles. The Bertz CT molecular complexity index is 746. The van der Waals surface area contributed by atoms with Crippen molar-refractivity contribution < 1.29 is 4.74 Å². The molecule has 0 spiro atoms. The van der Waals surface area contributed by atoms with Crippen LogP contribution in [-0.2, 0) is 6.54 Å². The summed E-state index contributed by atoms with van der Waals surface area (Å²) in [7, 11) is 1.67. The van der Waals surface area contributed by atoms with E-state index in [9.17, 15) is 0 Å². The Balaban J connectivity index is 1.97. The Morgan fingerprint density at radius 3 is 2.55 bits per heavy atom. The quantitative estimate of drug-likeness (QED) is 0.732. The normalized spacial score (nSPS) is 10.9. The molecule has 2 heterocycles. The minimum absolute atomic E-state index is 0.733. The van der Waals surface area contributed by atoms with E-state index in [0.717, 1.165) is 35.0 Å². The standard InChI is InChI=1S/C15H16N4O/c1-10-14-15(18-11(2)17-10)19(9-16-14)8-12-4-6-13(20-3)7-5-12/h4-7,9H,8H2,1-3H3. The molecule has 5 nitrogen and oxygen atoms in total. The number of hydrogen-bond acceptors (Lipinski definition) is 4. The van der Waals surface area contributed by atoms with Gasteiger partial charge in [-0.3, -0.25) is 0 Å². The van der Waals surface area contributed by atoms with Crippen LogP contribution in [-0.4, -0.2) is 26.6 Å². The first kappa shape index (κ1) is 12.6. The van der Waals surface area contributed by atoms with Gasteiger partial charge in [0.25, 0.3) is 0 Å². The monoisotopic (exact) mass is 268 g/mol. The Labute approximate surface area is 117 Å². The summed E-state index contributed by atoms with van der Waals surface area (Å²) >= 11 is 0. The third kappa shape index (κ3) is 2.22. The molecular weight excluding hydrogens is 252 g/mol. The molecule has 3 rings (SSSR count). The lowest BCUT2D eigenvalue weighted by molar-refractivity contribution is 0.414. The van der Waals surface area contributed by atoms with Crippen LogP contribution in [0.3, 0.4) is 0 Å². The Hall–Kier alpha value is -2.43. The molecule has 0 N–H and O–H groups in total. The van der Waals surface area contributed by atoms with E-state index in [1.807, 2.05) is 49.0 Å². The molecule has 20 heavy (non-hydrogen) atoms. The van der Waals surface area contributed by atoms with Crippen molar-refractivity contribution in [2.45, 2.75) is 20.4 Å². The average molecular weight is 268 g/mol. The number of ether oxygens (including phenoxy) is 1. The van der Waals surface area contributed by atoms with Crippen molar-refractivity contribution in [3.05, 3.63) is 47.7 Å². The topological polar surface area (TPSA) is 52.8 Å². The second-order valence-corrected chi connectivity index (χ2v) is 4.75. The molecule has 0 saturated heterocycles. The van der Waals surface area contributed by atoms with E-state index in [1.165, 1.54) is 5.56 Å². The minimum Gasteiger partial charge on any atom is -0.497 e. The lowest BCUT2D eigenvalue weighted by atomic mass is 10.2. The number of aromatic nitrogens is 4. The second kappa shape index (κ2) is 4.92. The first-order chi connectivity index (χ1) is 9.67. The van der Waals surface area contributed by atoms with Crippen molar-refractivity contribution in [3.8, 4) is 5.75 Å². The van der Waals surface area contributed by atoms with Crippen LogP contribution in [0.4, 0.5) is 0 Å². The summed E-state index contributed by atoms with van der Waals surface area (Å²) in [6, 6.07) is 8.01. The molecule has 1 aromatic carbocycles. The summed E-state index contributed by atoms with van der Waals surface area (Å²) in [5.41, 5.74) is 3.84. The fraction of sp³-hybridized carbons (Fsp3) is 0.267. The van der Waals surface area contributed by atoms with Gasteiger partial charge in [-0.2, -0.15) is 0 Å². The van der Waals surface area contributed by atoms with E-state index in [1.54, 1.807) is 7.11 Å². The molecule has 0 amide bonds. The molecule has 0 fully saturated rings. The van der Waals surface area contributed by atoms with Crippen LogP contribution < -0.4 is 4.74 Å². The van der Waals surface area contributed by atoms with E-state index in [2.05, 4.69) is 15.0 Å². The van der Waals surface area contributed by atoms with Crippen LogP contribution in [0.2, 0.25) is 0 Å². The highest BCUT2D eigenvalue weighted by molar-refractivity contribution is 5.73. The van der Waals surface area contributed by atoms with Gasteiger partial charge in [-0.25, -0.2) is 15.0 Å². The van der Waals surface area contributed by atoms with Gasteiger partial charge in [-0.15, -0.1) is 0 Å². The summed E-state index contributed by atoms with van der Waals surface area (Å²) in [5, 5.41) is 0. The Kier molecular flexibility index (Phi) is 3.10. The van der Waals surface area contributed by atoms with Crippen molar-refractivity contribution in [2.24, 2.45) is 0 Å². The summed E-state index contributed by atoms with van der Waals surface area (Å²) in [5.74, 6) is 1.63. The van der Waals surface area contributed by atoms with Gasteiger partial charge < -0.3 is 9.30 Å². The van der Waals surface area contributed by atoms with E-state index in [-0.39, 0.29) is 0 Å². The maximum Gasteiger partial charge on any atom is 0.164 e. The maximum absolute atomic E-state index is 5.17. The molecule has 0 atom stereocenters. The highest BCUT2D eigenvalue weighted by Gasteiger charge is 2.09. The van der Waals surface area contributed by atoms with Gasteiger partial charge in [-0.1, -0.05) is 12.1 Å². The van der Waals surface area contributed by atoms with Crippen LogP contribution in [0.5, 0.6) is 5.75 Å². The zero-order valence-electron chi connectivity index (χ0n) is 11.8. The predicted octanol–water partition coefficient (Wildman–Crippen LogP) is 2.50. The van der Waals surface area contributed by atoms with E-state index < -0.39 is 0 Å². The number of methoxy groups -OCH3 is 1. The van der Waals surface area contributed by atoms with Gasteiger partial charge in [0.2, 0.25) is 0 Å². The number of aryl methyl sites for hydroxylation is 2. The van der Waals surface area contributed by atoms with Gasteiger partial charge in [0.1, 0.15) is 17.1 Å². The predicted molar refractivity (Wildman–Crippen MR) is 76.9 cm³/mol. The third-order valence-corrected chi connectivity index (χ3v) is 3.26. The molecule has 5 heteroatoms. The number of imidazole rings is 1. The SMILES string of the molecule is COc1ccc(Cn2cnc3c(C)nc(C)nc32)cc1. The zero-order valence-corrected chi connectivity index (χ0v) is 11.8. The summed E-state index contributed by atoms with van der Waals surface area (Å²) in [6.45, 7) is 4.59. The molecule has 0 bridgehead atoms. The van der Waals surface area contributed by atoms with Crippen LogP contribution in [0, 0.1) is 13.8 Å². The molecule has 0 aliphatic heterocycles. The van der Waals surface area contributed by atoms with E-state index >= 15 is 0 Å². The van der Waals surface area contributed by atoms with Crippen LogP contribution in [0.1, 0.15) is 17.1 Å². The highest BCUT2D eigenvalue weighted by atomic mass is 16.5. The molecular formula is C15H16N4O. The average Bonchev–Trinajstić information content (AvgIpc) is 2.83. The summed E-state index contributed by atoms with van der Waals surface area (Å²) < 4.78 is 7.21. The van der Waals surface area contributed by atoms with Crippen molar-refractivity contribution >= 4 is 11.2 Å². The molecule has 3 aromatic rings. The van der Waals surface area contributed by atoms with Gasteiger partial charge in [0.15, 0.2) is 5.65 Å². The van der Waals surface area contributed by atoms with Crippen molar-refractivity contribution in [1.82, 2.24) is 19.5 Å². The van der Waals surface area contributed by atoms with Crippen molar-refractivity contribution in [3.63, 3.8) is 0 Å². The van der Waals surface area contributed by atoms with E-state index in [0.29, 0.717) is 0 Å². The maximum atomic E-state index is 5.17. The number of rotatable bonds is 3. The Morgan fingerprint density at radius 1 is 1.10 bits per heavy atom. The number of benzene rings is 1. The zero-order chi connectivity index (χ0) is 14.1. The van der Waals surface area contributed by atoms with Gasteiger partial charge >= 0.3 is 0 Å². The number of fused-ring (bicyclic) bond motifs is 1. The fourth-order valence-corrected chi connectivity index (χ4v) is 2.27. The Morgan fingerprint density at radius 2 is 1.85 bits per heavy atom. The molecule has 0 radical (unpaired) electrons. The number of hydrogen-bond donors (Lipinski definition) is 0. The largest absolute Gasteiger partial charge is 0.497 e. The van der Waals surface area contributed by atoms with Crippen LogP contribution >= 0.6 is 0 Å². The lowest BCUT2D eigenvalue weighted by Gasteiger charge is -2.06. The molecule has 0 aliphatic carbocycles. The van der Waals surface area contributed by atoms with Crippen molar-refractivity contribution in [1.29, 1.82) is 0 Å².